The molecule has 2 aromatic carbocycles. The number of carbonyl (C=O) groups is 1. The minimum absolute atomic E-state index is 0.113. The number of pyridine rings is 1. The Bertz CT molecular complexity index is 1480. The average Bonchev–Trinajstić information content (AvgIpc) is 3.31. The summed E-state index contributed by atoms with van der Waals surface area (Å²) < 4.78 is 29.1. The Hall–Kier alpha value is -3.14. The van der Waals surface area contributed by atoms with Gasteiger partial charge in [-0.25, -0.2) is 13.4 Å². The number of amides is 1. The summed E-state index contributed by atoms with van der Waals surface area (Å²) in [6.07, 6.45) is 4.70. The molecule has 1 saturated heterocycles. The van der Waals surface area contributed by atoms with E-state index in [-0.39, 0.29) is 17.3 Å². The molecule has 1 aliphatic heterocycles. The van der Waals surface area contributed by atoms with Gasteiger partial charge in [0.2, 0.25) is 15.9 Å². The summed E-state index contributed by atoms with van der Waals surface area (Å²) in [6.45, 7) is 4.84. The number of thiazole rings is 1. The van der Waals surface area contributed by atoms with Crippen molar-refractivity contribution in [2.75, 3.05) is 18.0 Å². The molecule has 0 spiro atoms. The van der Waals surface area contributed by atoms with Gasteiger partial charge in [-0.05, 0) is 68.1 Å². The topological polar surface area (TPSA) is 83.5 Å². The molecule has 1 amide bonds. The van der Waals surface area contributed by atoms with Gasteiger partial charge in [0, 0.05) is 25.5 Å². The molecule has 1 fully saturated rings. The summed E-state index contributed by atoms with van der Waals surface area (Å²) in [6, 6.07) is 16.7. The van der Waals surface area contributed by atoms with Crippen LogP contribution < -0.4 is 4.90 Å². The van der Waals surface area contributed by atoms with E-state index in [4.69, 9.17) is 4.98 Å². The van der Waals surface area contributed by atoms with Gasteiger partial charge in [-0.3, -0.25) is 14.7 Å². The number of hydrogen-bond acceptors (Lipinski definition) is 6. The molecule has 9 heteroatoms. The maximum absolute atomic E-state index is 14.0. The molecule has 4 aromatic rings. The Kier molecular flexibility index (Phi) is 6.87. The van der Waals surface area contributed by atoms with Gasteiger partial charge < -0.3 is 0 Å². The summed E-state index contributed by atoms with van der Waals surface area (Å²) in [5.41, 5.74) is 3.86. The normalized spacial score (nSPS) is 16.8. The first-order chi connectivity index (χ1) is 17.3. The van der Waals surface area contributed by atoms with Gasteiger partial charge in [0.1, 0.15) is 0 Å². The molecule has 0 aliphatic carbocycles. The lowest BCUT2D eigenvalue weighted by atomic mass is 9.98. The van der Waals surface area contributed by atoms with Crippen LogP contribution in [0.1, 0.15) is 29.5 Å². The third-order valence-corrected chi connectivity index (χ3v) is 9.41. The molecule has 1 aliphatic rings. The van der Waals surface area contributed by atoms with E-state index in [0.717, 1.165) is 26.9 Å². The van der Waals surface area contributed by atoms with Crippen LogP contribution in [-0.4, -0.2) is 41.7 Å². The molecule has 0 saturated carbocycles. The van der Waals surface area contributed by atoms with Crippen LogP contribution in [0.3, 0.4) is 0 Å². The fraction of sp³-hybridized carbons (Fsp3) is 0.296. The summed E-state index contributed by atoms with van der Waals surface area (Å²) in [5.74, 6) is -0.567. The Morgan fingerprint density at radius 1 is 1.11 bits per heavy atom. The molecule has 36 heavy (non-hydrogen) atoms. The van der Waals surface area contributed by atoms with Crippen molar-refractivity contribution in [2.45, 2.75) is 38.1 Å². The first-order valence-electron chi connectivity index (χ1n) is 12.0. The monoisotopic (exact) mass is 520 g/mol. The van der Waals surface area contributed by atoms with Crippen LogP contribution in [0.2, 0.25) is 0 Å². The van der Waals surface area contributed by atoms with Crippen molar-refractivity contribution in [1.29, 1.82) is 0 Å². The molecule has 0 radical (unpaired) electrons. The number of carbonyl (C=O) groups excluding carboxylic acids is 1. The molecule has 186 valence electrons. The van der Waals surface area contributed by atoms with Crippen molar-refractivity contribution in [3.8, 4) is 0 Å². The molecule has 2 aromatic heterocycles. The number of nitrogens with zero attached hydrogens (tertiary/aromatic N) is 4. The van der Waals surface area contributed by atoms with Crippen molar-refractivity contribution >= 4 is 42.6 Å². The highest BCUT2D eigenvalue weighted by Gasteiger charge is 2.36. The maximum Gasteiger partial charge on any atom is 0.243 e. The largest absolute Gasteiger partial charge is 0.283 e. The van der Waals surface area contributed by atoms with E-state index in [1.54, 1.807) is 41.6 Å². The molecule has 0 bridgehead atoms. The van der Waals surface area contributed by atoms with Crippen LogP contribution in [0.25, 0.3) is 10.2 Å². The van der Waals surface area contributed by atoms with Gasteiger partial charge in [0.25, 0.3) is 0 Å². The van der Waals surface area contributed by atoms with Crippen molar-refractivity contribution in [3.05, 3.63) is 83.7 Å². The summed E-state index contributed by atoms with van der Waals surface area (Å²) in [5, 5.41) is 0.614. The highest BCUT2D eigenvalue weighted by Crippen LogP contribution is 2.33. The second kappa shape index (κ2) is 10.1. The number of hydrogen-bond donors (Lipinski definition) is 0. The number of sulfonamides is 1. The lowest BCUT2D eigenvalue weighted by Gasteiger charge is -2.33. The number of benzene rings is 2. The first-order valence-corrected chi connectivity index (χ1v) is 14.2. The summed E-state index contributed by atoms with van der Waals surface area (Å²) >= 11 is 1.48. The molecule has 0 N–H and O–H groups in total. The lowest BCUT2D eigenvalue weighted by Crippen LogP contribution is -2.46. The molecule has 7 nitrogen and oxygen atoms in total. The predicted molar refractivity (Wildman–Crippen MR) is 142 cm³/mol. The van der Waals surface area contributed by atoms with Crippen LogP contribution >= 0.6 is 11.3 Å². The Balaban J connectivity index is 1.44. The minimum Gasteiger partial charge on any atom is -0.283 e. The smallest absolute Gasteiger partial charge is 0.243 e. The van der Waals surface area contributed by atoms with E-state index in [1.165, 1.54) is 15.6 Å². The predicted octanol–water partition coefficient (Wildman–Crippen LogP) is 4.94. The quantitative estimate of drug-likeness (QED) is 0.360. The summed E-state index contributed by atoms with van der Waals surface area (Å²) in [4.78, 5) is 24.9. The maximum atomic E-state index is 14.0. The fourth-order valence-corrected chi connectivity index (χ4v) is 7.08. The van der Waals surface area contributed by atoms with Crippen LogP contribution in [0.4, 0.5) is 5.13 Å². The zero-order valence-corrected chi connectivity index (χ0v) is 21.9. The number of anilines is 1. The zero-order valence-electron chi connectivity index (χ0n) is 20.3. The van der Waals surface area contributed by atoms with Crippen molar-refractivity contribution < 1.29 is 13.2 Å². The van der Waals surface area contributed by atoms with Crippen molar-refractivity contribution in [2.24, 2.45) is 5.92 Å². The number of fused-ring (bicyclic) bond motifs is 1. The molecule has 1 unspecified atom stereocenters. The van der Waals surface area contributed by atoms with Crippen LogP contribution in [0.5, 0.6) is 0 Å². The van der Waals surface area contributed by atoms with E-state index in [2.05, 4.69) is 11.1 Å². The number of piperidine rings is 1. The Morgan fingerprint density at radius 2 is 1.89 bits per heavy atom. The standard InChI is InChI=1S/C27H28N4O3S2/c1-19-7-10-23(11-8-19)36(33,34)30-14-4-6-22(18-30)26(32)31(17-21-5-3-13-28-16-21)27-29-24-12-9-20(2)15-25(24)35-27/h3,5,7-13,15-16,22H,4,6,14,17-18H2,1-2H3. The van der Waals surface area contributed by atoms with E-state index < -0.39 is 15.9 Å². The van der Waals surface area contributed by atoms with Gasteiger partial charge in [-0.2, -0.15) is 4.31 Å². The summed E-state index contributed by atoms with van der Waals surface area (Å²) in [7, 11) is -3.68. The Labute approximate surface area is 215 Å². The van der Waals surface area contributed by atoms with Crippen molar-refractivity contribution in [1.82, 2.24) is 14.3 Å². The highest BCUT2D eigenvalue weighted by atomic mass is 32.2. The number of aryl methyl sites for hydroxylation is 2. The van der Waals surface area contributed by atoms with E-state index in [9.17, 15) is 13.2 Å². The fourth-order valence-electron chi connectivity index (χ4n) is 4.49. The van der Waals surface area contributed by atoms with E-state index in [0.29, 0.717) is 31.1 Å². The van der Waals surface area contributed by atoms with Gasteiger partial charge in [-0.1, -0.05) is 41.2 Å². The Morgan fingerprint density at radius 3 is 2.64 bits per heavy atom. The SMILES string of the molecule is Cc1ccc(S(=O)(=O)N2CCCC(C(=O)N(Cc3cccnc3)c3nc4ccc(C)cc4s3)C2)cc1. The second-order valence-electron chi connectivity index (χ2n) is 9.27. The molecule has 5 rings (SSSR count). The zero-order chi connectivity index (χ0) is 25.3. The van der Waals surface area contributed by atoms with Crippen molar-refractivity contribution in [3.63, 3.8) is 0 Å². The van der Waals surface area contributed by atoms with Gasteiger partial charge in [-0.15, -0.1) is 0 Å². The molecule has 3 heterocycles. The van der Waals surface area contributed by atoms with Crippen LogP contribution in [0.15, 0.2) is 71.9 Å². The lowest BCUT2D eigenvalue weighted by molar-refractivity contribution is -0.123. The second-order valence-corrected chi connectivity index (χ2v) is 12.2. The third kappa shape index (κ3) is 5.04. The third-order valence-electron chi connectivity index (χ3n) is 6.49. The number of rotatable bonds is 6. The molecular formula is C27H28N4O3S2. The molecular weight excluding hydrogens is 492 g/mol. The minimum atomic E-state index is -3.68. The van der Waals surface area contributed by atoms with Crippen LogP contribution in [-0.2, 0) is 21.4 Å². The highest BCUT2D eigenvalue weighted by molar-refractivity contribution is 7.89. The van der Waals surface area contributed by atoms with Gasteiger partial charge >= 0.3 is 0 Å². The number of aromatic nitrogens is 2. The van der Waals surface area contributed by atoms with Gasteiger partial charge in [0.15, 0.2) is 5.13 Å². The van der Waals surface area contributed by atoms with E-state index in [1.807, 2.05) is 38.1 Å². The first kappa shape index (κ1) is 24.5. The van der Waals surface area contributed by atoms with Gasteiger partial charge in [0.05, 0.1) is 27.6 Å². The molecule has 1 atom stereocenters. The van der Waals surface area contributed by atoms with Crippen LogP contribution in [0, 0.1) is 19.8 Å². The van der Waals surface area contributed by atoms with E-state index >= 15 is 0 Å². The average molecular weight is 521 g/mol.